The average Bonchev–Trinajstić information content (AvgIpc) is 2.82. The average molecular weight is 519 g/mol. The van der Waals surface area contributed by atoms with Gasteiger partial charge in [-0.3, -0.25) is 0 Å². The van der Waals surface area contributed by atoms with Gasteiger partial charge in [0.2, 0.25) is 5.88 Å². The molecule has 1 aliphatic carbocycles. The molecule has 38 heavy (non-hydrogen) atoms. The van der Waals surface area contributed by atoms with Gasteiger partial charge < -0.3 is 24.6 Å². The van der Waals surface area contributed by atoms with Crippen molar-refractivity contribution in [3.8, 4) is 17.4 Å². The minimum atomic E-state index is -1.03. The molecule has 1 fully saturated rings. The Morgan fingerprint density at radius 1 is 0.868 bits per heavy atom. The number of hydrogen-bond acceptors (Lipinski definition) is 6. The van der Waals surface area contributed by atoms with Crippen molar-refractivity contribution in [2.75, 3.05) is 0 Å². The summed E-state index contributed by atoms with van der Waals surface area (Å²) in [6.45, 7) is 9.85. The van der Waals surface area contributed by atoms with Gasteiger partial charge in [0.05, 0.1) is 5.56 Å². The van der Waals surface area contributed by atoms with Crippen LogP contribution in [0.3, 0.4) is 0 Å². The van der Waals surface area contributed by atoms with Gasteiger partial charge in [0, 0.05) is 36.6 Å². The van der Waals surface area contributed by atoms with Gasteiger partial charge in [-0.25, -0.2) is 14.6 Å². The molecular weight excluding hydrogens is 484 g/mol. The maximum atomic E-state index is 11.9. The van der Waals surface area contributed by atoms with E-state index in [1.807, 2.05) is 57.2 Å². The highest BCUT2D eigenvalue weighted by molar-refractivity contribution is 5.87. The summed E-state index contributed by atoms with van der Waals surface area (Å²) in [5, 5.41) is 11.9. The monoisotopic (exact) mass is 518 g/mol. The van der Waals surface area contributed by atoms with Gasteiger partial charge in [-0.15, -0.1) is 0 Å². The maximum Gasteiger partial charge on any atom is 0.407 e. The molecule has 200 valence electrons. The number of alkyl carbamates (subject to hydrolysis) is 1. The van der Waals surface area contributed by atoms with Gasteiger partial charge in [0.15, 0.2) is 0 Å². The van der Waals surface area contributed by atoms with Crippen LogP contribution in [-0.4, -0.2) is 39.9 Å². The number of ether oxygens (including phenoxy) is 3. The van der Waals surface area contributed by atoms with Gasteiger partial charge in [-0.2, -0.15) is 0 Å². The summed E-state index contributed by atoms with van der Waals surface area (Å²) in [6, 6.07) is 18.9. The number of hydrogen-bond donors (Lipinski definition) is 2. The summed E-state index contributed by atoms with van der Waals surface area (Å²) in [6.07, 6.45) is 2.45. The highest BCUT2D eigenvalue weighted by Crippen LogP contribution is 2.35. The standard InChI is InChI=1S/C30H34N2O6/c1-29(2,3)38-28(35)32-22-16-25(17-22)36-23-11-7-20(8-12-23)30(4,5)21-9-13-24(14-10-21)37-26-15-6-19(18-31-26)27(33)34/h6-15,18,22,25H,16-17H2,1-5H3,(H,32,35)(H,33,34)/t22-,25-. The van der Waals surface area contributed by atoms with E-state index in [-0.39, 0.29) is 23.1 Å². The zero-order valence-electron chi connectivity index (χ0n) is 22.4. The third kappa shape index (κ3) is 6.82. The normalized spacial score (nSPS) is 17.2. The fraction of sp³-hybridized carbons (Fsp3) is 0.367. The lowest BCUT2D eigenvalue weighted by molar-refractivity contribution is 0.0362. The van der Waals surface area contributed by atoms with E-state index in [0.29, 0.717) is 11.6 Å². The van der Waals surface area contributed by atoms with Gasteiger partial charge in [0.25, 0.3) is 0 Å². The summed E-state index contributed by atoms with van der Waals surface area (Å²) in [5.41, 5.74) is 1.60. The van der Waals surface area contributed by atoms with Crippen LogP contribution in [0.2, 0.25) is 0 Å². The minimum Gasteiger partial charge on any atom is -0.490 e. The van der Waals surface area contributed by atoms with Crippen molar-refractivity contribution in [2.24, 2.45) is 0 Å². The highest BCUT2D eigenvalue weighted by Gasteiger charge is 2.33. The van der Waals surface area contributed by atoms with Gasteiger partial charge in [0.1, 0.15) is 23.2 Å². The van der Waals surface area contributed by atoms with Crippen molar-refractivity contribution in [2.45, 2.75) is 70.6 Å². The summed E-state index contributed by atoms with van der Waals surface area (Å²) in [5.74, 6) is 0.717. The molecule has 8 heteroatoms. The number of carbonyl (C=O) groups is 2. The fourth-order valence-electron chi connectivity index (χ4n) is 4.19. The van der Waals surface area contributed by atoms with E-state index in [1.165, 1.54) is 18.3 Å². The topological polar surface area (TPSA) is 107 Å². The summed E-state index contributed by atoms with van der Waals surface area (Å²) < 4.78 is 17.1. The fourth-order valence-corrected chi connectivity index (χ4v) is 4.19. The molecule has 1 saturated carbocycles. The number of benzene rings is 2. The Kier molecular flexibility index (Phi) is 7.62. The Hall–Kier alpha value is -4.07. The van der Waals surface area contributed by atoms with Gasteiger partial charge >= 0.3 is 12.1 Å². The van der Waals surface area contributed by atoms with E-state index in [4.69, 9.17) is 19.3 Å². The molecule has 4 rings (SSSR count). The lowest BCUT2D eigenvalue weighted by Crippen LogP contribution is -2.50. The van der Waals surface area contributed by atoms with Gasteiger partial charge in [-0.1, -0.05) is 38.1 Å². The van der Waals surface area contributed by atoms with Gasteiger partial charge in [-0.05, 0) is 62.2 Å². The number of aromatic carboxylic acids is 1. The molecule has 0 saturated heterocycles. The molecule has 1 aliphatic rings. The first-order valence-electron chi connectivity index (χ1n) is 12.6. The lowest BCUT2D eigenvalue weighted by atomic mass is 9.78. The maximum absolute atomic E-state index is 11.9. The van der Waals surface area contributed by atoms with Crippen LogP contribution in [0.15, 0.2) is 66.9 Å². The third-order valence-corrected chi connectivity index (χ3v) is 6.48. The van der Waals surface area contributed by atoms with E-state index in [1.54, 1.807) is 0 Å². The van der Waals surface area contributed by atoms with E-state index >= 15 is 0 Å². The molecule has 2 aromatic carbocycles. The van der Waals surface area contributed by atoms with E-state index in [2.05, 4.69) is 36.3 Å². The second-order valence-electron chi connectivity index (χ2n) is 11.0. The predicted octanol–water partition coefficient (Wildman–Crippen LogP) is 6.33. The first kappa shape index (κ1) is 27.0. The Balaban J connectivity index is 1.30. The lowest BCUT2D eigenvalue weighted by Gasteiger charge is -2.36. The largest absolute Gasteiger partial charge is 0.490 e. The third-order valence-electron chi connectivity index (χ3n) is 6.48. The van der Waals surface area contributed by atoms with Crippen LogP contribution in [0.25, 0.3) is 0 Å². The van der Waals surface area contributed by atoms with Crippen molar-refractivity contribution in [3.63, 3.8) is 0 Å². The zero-order valence-corrected chi connectivity index (χ0v) is 22.4. The molecule has 0 bridgehead atoms. The SMILES string of the molecule is CC(C)(C)OC(=O)N[C@H]1C[C@H](Oc2ccc(C(C)(C)c3ccc(Oc4ccc(C(=O)O)cn4)cc3)cc2)C1. The first-order chi connectivity index (χ1) is 17.9. The molecule has 0 spiro atoms. The molecule has 0 radical (unpaired) electrons. The van der Waals surface area contributed by atoms with Crippen molar-refractivity contribution < 1.29 is 28.9 Å². The number of carbonyl (C=O) groups excluding carboxylic acids is 1. The Labute approximate surface area is 223 Å². The number of amides is 1. The van der Waals surface area contributed by atoms with E-state index < -0.39 is 17.7 Å². The van der Waals surface area contributed by atoms with Crippen LogP contribution >= 0.6 is 0 Å². The number of pyridine rings is 1. The van der Waals surface area contributed by atoms with Crippen molar-refractivity contribution >= 4 is 12.1 Å². The Morgan fingerprint density at radius 2 is 1.45 bits per heavy atom. The number of carboxylic acids is 1. The van der Waals surface area contributed by atoms with Crippen molar-refractivity contribution in [1.29, 1.82) is 0 Å². The zero-order chi connectivity index (χ0) is 27.5. The number of nitrogens with one attached hydrogen (secondary N) is 1. The molecular formula is C30H34N2O6. The molecule has 8 nitrogen and oxygen atoms in total. The van der Waals surface area contributed by atoms with Crippen LogP contribution in [-0.2, 0) is 10.2 Å². The van der Waals surface area contributed by atoms with E-state index in [9.17, 15) is 9.59 Å². The smallest absolute Gasteiger partial charge is 0.407 e. The number of aromatic nitrogens is 1. The quantitative estimate of drug-likeness (QED) is 0.359. The van der Waals surface area contributed by atoms with Crippen LogP contribution in [0, 0.1) is 0 Å². The molecule has 0 atom stereocenters. The number of carboxylic acid groups (broad SMARTS) is 1. The first-order valence-corrected chi connectivity index (χ1v) is 12.6. The van der Waals surface area contributed by atoms with Crippen LogP contribution in [0.5, 0.6) is 17.4 Å². The molecule has 2 N–H and O–H groups in total. The van der Waals surface area contributed by atoms with Crippen molar-refractivity contribution in [1.82, 2.24) is 10.3 Å². The highest BCUT2D eigenvalue weighted by atomic mass is 16.6. The molecule has 1 amide bonds. The number of nitrogens with zero attached hydrogens (tertiary/aromatic N) is 1. The van der Waals surface area contributed by atoms with E-state index in [0.717, 1.165) is 29.7 Å². The Bertz CT molecular complexity index is 1260. The van der Waals surface area contributed by atoms with Crippen molar-refractivity contribution in [3.05, 3.63) is 83.6 Å². The molecule has 0 aliphatic heterocycles. The van der Waals surface area contributed by atoms with Crippen LogP contribution in [0.1, 0.15) is 68.9 Å². The minimum absolute atomic E-state index is 0.0659. The summed E-state index contributed by atoms with van der Waals surface area (Å²) >= 11 is 0. The Morgan fingerprint density at radius 3 is 1.95 bits per heavy atom. The number of rotatable bonds is 8. The molecule has 1 heterocycles. The van der Waals surface area contributed by atoms with Crippen LogP contribution in [0.4, 0.5) is 4.79 Å². The second-order valence-corrected chi connectivity index (χ2v) is 11.0. The summed E-state index contributed by atoms with van der Waals surface area (Å²) in [7, 11) is 0. The summed E-state index contributed by atoms with van der Waals surface area (Å²) in [4.78, 5) is 26.9. The molecule has 1 aromatic heterocycles. The second kappa shape index (κ2) is 10.7. The molecule has 0 unspecified atom stereocenters. The molecule has 3 aromatic rings. The van der Waals surface area contributed by atoms with Crippen LogP contribution < -0.4 is 14.8 Å². The predicted molar refractivity (Wildman–Crippen MR) is 143 cm³/mol.